The molecule has 4 nitrogen and oxygen atoms in total. The molecule has 2 unspecified atom stereocenters. The van der Waals surface area contributed by atoms with Crippen molar-refractivity contribution in [3.05, 3.63) is 29.3 Å². The second kappa shape index (κ2) is 7.14. The standard InChI is InChI=1S/C14H18ClNO3/c1-3-10(14(18)19)9(2)8-13(17)16-12-7-5-4-6-11(12)15/h4-7,9-10H,3,8H2,1-2H3,(H,16,17)(H,18,19). The highest BCUT2D eigenvalue weighted by Crippen LogP contribution is 2.23. The van der Waals surface area contributed by atoms with Gasteiger partial charge in [-0.1, -0.05) is 37.6 Å². The summed E-state index contributed by atoms with van der Waals surface area (Å²) in [6.07, 6.45) is 0.673. The van der Waals surface area contributed by atoms with Crippen molar-refractivity contribution in [2.24, 2.45) is 11.8 Å². The summed E-state index contributed by atoms with van der Waals surface area (Å²) >= 11 is 5.94. The normalized spacial score (nSPS) is 13.6. The number of hydrogen-bond donors (Lipinski definition) is 2. The Hall–Kier alpha value is -1.55. The molecule has 104 valence electrons. The van der Waals surface area contributed by atoms with E-state index in [2.05, 4.69) is 5.32 Å². The fourth-order valence-corrected chi connectivity index (χ4v) is 2.20. The van der Waals surface area contributed by atoms with Gasteiger partial charge < -0.3 is 10.4 Å². The molecule has 0 aliphatic rings. The molecule has 1 aromatic carbocycles. The molecule has 2 N–H and O–H groups in total. The highest BCUT2D eigenvalue weighted by atomic mass is 35.5. The minimum absolute atomic E-state index is 0.163. The Balaban J connectivity index is 2.61. The van der Waals surface area contributed by atoms with Gasteiger partial charge in [-0.3, -0.25) is 9.59 Å². The number of anilines is 1. The van der Waals surface area contributed by atoms with Gasteiger partial charge in [0.15, 0.2) is 0 Å². The van der Waals surface area contributed by atoms with Crippen LogP contribution in [0.15, 0.2) is 24.3 Å². The van der Waals surface area contributed by atoms with Gasteiger partial charge in [-0.2, -0.15) is 0 Å². The maximum absolute atomic E-state index is 11.9. The van der Waals surface area contributed by atoms with E-state index in [1.807, 2.05) is 0 Å². The lowest BCUT2D eigenvalue weighted by Gasteiger charge is -2.18. The van der Waals surface area contributed by atoms with Crippen LogP contribution >= 0.6 is 11.6 Å². The molecular formula is C14H18ClNO3. The third kappa shape index (κ3) is 4.56. The van der Waals surface area contributed by atoms with E-state index in [4.69, 9.17) is 16.7 Å². The zero-order chi connectivity index (χ0) is 14.4. The van der Waals surface area contributed by atoms with Crippen LogP contribution in [0.2, 0.25) is 5.02 Å². The molecule has 0 aromatic heterocycles. The molecule has 2 atom stereocenters. The van der Waals surface area contributed by atoms with Crippen LogP contribution in [0.25, 0.3) is 0 Å². The number of nitrogens with one attached hydrogen (secondary N) is 1. The largest absolute Gasteiger partial charge is 0.481 e. The number of aliphatic carboxylic acids is 1. The topological polar surface area (TPSA) is 66.4 Å². The molecule has 1 amide bonds. The first kappa shape index (κ1) is 15.5. The lowest BCUT2D eigenvalue weighted by molar-refractivity contribution is -0.143. The van der Waals surface area contributed by atoms with E-state index < -0.39 is 11.9 Å². The lowest BCUT2D eigenvalue weighted by Crippen LogP contribution is -2.25. The first-order valence-corrected chi connectivity index (χ1v) is 6.60. The smallest absolute Gasteiger partial charge is 0.306 e. The number of para-hydroxylation sites is 1. The summed E-state index contributed by atoms with van der Waals surface area (Å²) in [7, 11) is 0. The Labute approximate surface area is 117 Å². The fraction of sp³-hybridized carbons (Fsp3) is 0.429. The quantitative estimate of drug-likeness (QED) is 0.841. The molecule has 0 aliphatic heterocycles. The third-order valence-electron chi connectivity index (χ3n) is 3.10. The van der Waals surface area contributed by atoms with Gasteiger partial charge in [-0.25, -0.2) is 0 Å². The zero-order valence-electron chi connectivity index (χ0n) is 11.0. The molecule has 1 rings (SSSR count). The molecule has 0 saturated heterocycles. The van der Waals surface area contributed by atoms with E-state index in [-0.39, 0.29) is 18.2 Å². The highest BCUT2D eigenvalue weighted by molar-refractivity contribution is 6.33. The Morgan fingerprint density at radius 1 is 1.37 bits per heavy atom. The lowest BCUT2D eigenvalue weighted by atomic mass is 9.89. The fourth-order valence-electron chi connectivity index (χ4n) is 2.02. The molecule has 0 radical (unpaired) electrons. The Morgan fingerprint density at radius 3 is 2.53 bits per heavy atom. The van der Waals surface area contributed by atoms with Gasteiger partial charge in [0.05, 0.1) is 16.6 Å². The van der Waals surface area contributed by atoms with Crippen molar-refractivity contribution in [1.82, 2.24) is 0 Å². The van der Waals surface area contributed by atoms with Gasteiger partial charge in [0.1, 0.15) is 0 Å². The predicted octanol–water partition coefficient (Wildman–Crippen LogP) is 3.42. The number of hydrogen-bond acceptors (Lipinski definition) is 2. The first-order valence-electron chi connectivity index (χ1n) is 6.22. The molecule has 0 fully saturated rings. The van der Waals surface area contributed by atoms with Crippen molar-refractivity contribution in [2.75, 3.05) is 5.32 Å². The van der Waals surface area contributed by atoms with E-state index in [1.165, 1.54) is 0 Å². The van der Waals surface area contributed by atoms with E-state index in [9.17, 15) is 9.59 Å². The van der Waals surface area contributed by atoms with Gasteiger partial charge in [-0.05, 0) is 24.5 Å². The van der Waals surface area contributed by atoms with E-state index in [1.54, 1.807) is 38.1 Å². The van der Waals surface area contributed by atoms with Crippen LogP contribution in [0, 0.1) is 11.8 Å². The molecule has 0 saturated carbocycles. The van der Waals surface area contributed by atoms with Gasteiger partial charge in [0, 0.05) is 6.42 Å². The number of halogens is 1. The third-order valence-corrected chi connectivity index (χ3v) is 3.43. The van der Waals surface area contributed by atoms with Crippen molar-refractivity contribution in [2.45, 2.75) is 26.7 Å². The van der Waals surface area contributed by atoms with Crippen LogP contribution < -0.4 is 5.32 Å². The molecule has 0 heterocycles. The van der Waals surface area contributed by atoms with Crippen molar-refractivity contribution in [3.63, 3.8) is 0 Å². The molecule has 0 aliphatic carbocycles. The molecule has 19 heavy (non-hydrogen) atoms. The number of carboxylic acids is 1. The minimum atomic E-state index is -0.861. The summed E-state index contributed by atoms with van der Waals surface area (Å²) in [6.45, 7) is 3.58. The number of carboxylic acid groups (broad SMARTS) is 1. The van der Waals surface area contributed by atoms with Crippen LogP contribution in [0.5, 0.6) is 0 Å². The van der Waals surface area contributed by atoms with E-state index in [0.29, 0.717) is 17.1 Å². The summed E-state index contributed by atoms with van der Waals surface area (Å²) in [4.78, 5) is 22.9. The average Bonchev–Trinajstić information content (AvgIpc) is 2.32. The van der Waals surface area contributed by atoms with Crippen LogP contribution in [-0.4, -0.2) is 17.0 Å². The summed E-state index contributed by atoms with van der Waals surface area (Å²) in [5.74, 6) is -1.80. The Morgan fingerprint density at radius 2 is 2.00 bits per heavy atom. The molecular weight excluding hydrogens is 266 g/mol. The molecule has 1 aromatic rings. The van der Waals surface area contributed by atoms with Crippen LogP contribution in [0.3, 0.4) is 0 Å². The van der Waals surface area contributed by atoms with E-state index >= 15 is 0 Å². The molecule has 0 spiro atoms. The molecule has 5 heteroatoms. The first-order chi connectivity index (χ1) is 8.95. The summed E-state index contributed by atoms with van der Waals surface area (Å²) < 4.78 is 0. The van der Waals surface area contributed by atoms with Gasteiger partial charge in [0.25, 0.3) is 0 Å². The number of carbonyl (C=O) groups is 2. The van der Waals surface area contributed by atoms with Crippen molar-refractivity contribution < 1.29 is 14.7 Å². The van der Waals surface area contributed by atoms with Crippen LogP contribution in [-0.2, 0) is 9.59 Å². The predicted molar refractivity (Wildman–Crippen MR) is 75.3 cm³/mol. The minimum Gasteiger partial charge on any atom is -0.481 e. The second-order valence-corrected chi connectivity index (χ2v) is 4.97. The summed E-state index contributed by atoms with van der Waals surface area (Å²) in [6, 6.07) is 6.95. The number of amides is 1. The summed E-state index contributed by atoms with van der Waals surface area (Å²) in [5, 5.41) is 12.2. The van der Waals surface area contributed by atoms with Crippen molar-refractivity contribution >= 4 is 29.2 Å². The number of rotatable bonds is 6. The second-order valence-electron chi connectivity index (χ2n) is 4.56. The summed E-state index contributed by atoms with van der Waals surface area (Å²) in [5.41, 5.74) is 0.546. The molecule has 0 bridgehead atoms. The highest BCUT2D eigenvalue weighted by Gasteiger charge is 2.24. The zero-order valence-corrected chi connectivity index (χ0v) is 11.8. The van der Waals surface area contributed by atoms with Gasteiger partial charge in [0.2, 0.25) is 5.91 Å². The van der Waals surface area contributed by atoms with Gasteiger partial charge >= 0.3 is 5.97 Å². The van der Waals surface area contributed by atoms with Crippen LogP contribution in [0.1, 0.15) is 26.7 Å². The van der Waals surface area contributed by atoms with Crippen molar-refractivity contribution in [3.8, 4) is 0 Å². The Bertz CT molecular complexity index is 462. The van der Waals surface area contributed by atoms with Gasteiger partial charge in [-0.15, -0.1) is 0 Å². The number of benzene rings is 1. The van der Waals surface area contributed by atoms with Crippen LogP contribution in [0.4, 0.5) is 5.69 Å². The number of carbonyl (C=O) groups excluding carboxylic acids is 1. The van der Waals surface area contributed by atoms with E-state index in [0.717, 1.165) is 0 Å². The monoisotopic (exact) mass is 283 g/mol. The SMILES string of the molecule is CCC(C(=O)O)C(C)CC(=O)Nc1ccccc1Cl. The maximum Gasteiger partial charge on any atom is 0.306 e. The van der Waals surface area contributed by atoms with Crippen molar-refractivity contribution in [1.29, 1.82) is 0 Å². The average molecular weight is 284 g/mol. The maximum atomic E-state index is 11.9. The Kier molecular flexibility index (Phi) is 5.83.